The Morgan fingerprint density at radius 1 is 0.529 bits per heavy atom. The summed E-state index contributed by atoms with van der Waals surface area (Å²) in [7, 11) is 3.05. The Balaban J connectivity index is 2.11. The number of rotatable bonds is 4. The molecule has 0 atom stereocenters. The zero-order valence-corrected chi connectivity index (χ0v) is 18.4. The number of hydrogen-bond acceptors (Lipinski definition) is 6. The normalized spacial score (nSPS) is 9.94. The lowest BCUT2D eigenvalue weighted by Crippen LogP contribution is -1.97. The Bertz CT molecular complexity index is 1440. The van der Waals surface area contributed by atoms with Crippen LogP contribution in [-0.2, 0) is 0 Å². The Morgan fingerprint density at radius 3 is 1.15 bits per heavy atom. The van der Waals surface area contributed by atoms with E-state index in [-0.39, 0.29) is 0 Å². The summed E-state index contributed by atoms with van der Waals surface area (Å²) in [6, 6.07) is 25.9. The summed E-state index contributed by atoms with van der Waals surface area (Å²) in [5, 5.41) is 40.3. The molecule has 4 aromatic rings. The number of ether oxygens (including phenoxy) is 2. The molecule has 0 heterocycles. The first-order valence-electron chi connectivity index (χ1n) is 10.2. The summed E-state index contributed by atoms with van der Waals surface area (Å²) >= 11 is 0. The van der Waals surface area contributed by atoms with Crippen LogP contribution in [0.25, 0.3) is 33.0 Å². The van der Waals surface area contributed by atoms with Crippen molar-refractivity contribution in [3.8, 4) is 58.0 Å². The van der Waals surface area contributed by atoms with Gasteiger partial charge in [0.05, 0.1) is 60.8 Å². The maximum absolute atomic E-state index is 9.68. The second kappa shape index (κ2) is 9.05. The van der Waals surface area contributed by atoms with Gasteiger partial charge in [-0.15, -0.1) is 0 Å². The van der Waals surface area contributed by atoms with E-state index in [4.69, 9.17) is 9.47 Å². The van der Waals surface area contributed by atoms with Crippen molar-refractivity contribution < 1.29 is 9.47 Å². The van der Waals surface area contributed by atoms with E-state index in [0.29, 0.717) is 56.0 Å². The molecule has 0 saturated heterocycles. The van der Waals surface area contributed by atoms with Crippen LogP contribution in [0.1, 0.15) is 22.3 Å². The van der Waals surface area contributed by atoms with Gasteiger partial charge in [0.25, 0.3) is 0 Å². The lowest BCUT2D eigenvalue weighted by atomic mass is 9.90. The molecule has 0 aliphatic heterocycles. The fourth-order valence-electron chi connectivity index (χ4n) is 4.09. The van der Waals surface area contributed by atoms with Crippen LogP contribution in [0.4, 0.5) is 0 Å². The van der Waals surface area contributed by atoms with E-state index in [2.05, 4.69) is 24.3 Å². The predicted molar refractivity (Wildman–Crippen MR) is 127 cm³/mol. The summed E-state index contributed by atoms with van der Waals surface area (Å²) < 4.78 is 11.2. The first-order chi connectivity index (χ1) is 16.6. The fraction of sp³-hybridized carbons (Fsp3) is 0.0714. The molecule has 0 aliphatic carbocycles. The van der Waals surface area contributed by atoms with Crippen molar-refractivity contribution in [2.24, 2.45) is 0 Å². The molecule has 0 fully saturated rings. The van der Waals surface area contributed by atoms with Crippen molar-refractivity contribution in [3.63, 3.8) is 0 Å². The van der Waals surface area contributed by atoms with Gasteiger partial charge in [-0.1, -0.05) is 12.1 Å². The number of fused-ring (bicyclic) bond motifs is 1. The summed E-state index contributed by atoms with van der Waals surface area (Å²) in [5.74, 6) is 0.994. The molecule has 0 aliphatic rings. The smallest absolute Gasteiger partial charge is 0.127 e. The van der Waals surface area contributed by atoms with E-state index in [9.17, 15) is 21.0 Å². The van der Waals surface area contributed by atoms with Gasteiger partial charge in [-0.25, -0.2) is 0 Å². The lowest BCUT2D eigenvalue weighted by Gasteiger charge is -2.16. The molecule has 4 rings (SSSR count). The Kier molecular flexibility index (Phi) is 5.84. The van der Waals surface area contributed by atoms with Crippen LogP contribution < -0.4 is 9.47 Å². The molecule has 6 nitrogen and oxygen atoms in total. The van der Waals surface area contributed by atoms with Crippen LogP contribution in [-0.4, -0.2) is 14.2 Å². The van der Waals surface area contributed by atoms with E-state index in [1.165, 1.54) is 14.2 Å². The third kappa shape index (κ3) is 3.53. The van der Waals surface area contributed by atoms with Crippen LogP contribution in [0.2, 0.25) is 0 Å². The molecular formula is C28H16N4O2. The van der Waals surface area contributed by atoms with Gasteiger partial charge in [0.2, 0.25) is 0 Å². The number of hydrogen-bond donors (Lipinski definition) is 0. The monoisotopic (exact) mass is 440 g/mol. The topological polar surface area (TPSA) is 114 Å². The Hall–Kier alpha value is -5.30. The van der Waals surface area contributed by atoms with Crippen molar-refractivity contribution in [2.75, 3.05) is 14.2 Å². The minimum absolute atomic E-state index is 0.354. The summed E-state index contributed by atoms with van der Waals surface area (Å²) in [5.41, 5.74) is 3.57. The van der Waals surface area contributed by atoms with Crippen LogP contribution >= 0.6 is 0 Å². The summed E-state index contributed by atoms with van der Waals surface area (Å²) in [6.07, 6.45) is 0. The summed E-state index contributed by atoms with van der Waals surface area (Å²) in [6.45, 7) is 0. The molecule has 0 bridgehead atoms. The molecule has 160 valence electrons. The van der Waals surface area contributed by atoms with E-state index >= 15 is 0 Å². The first kappa shape index (κ1) is 21.9. The lowest BCUT2D eigenvalue weighted by molar-refractivity contribution is 0.415. The van der Waals surface area contributed by atoms with Crippen molar-refractivity contribution in [3.05, 3.63) is 82.9 Å². The van der Waals surface area contributed by atoms with Crippen LogP contribution in [0.15, 0.2) is 60.7 Å². The minimum atomic E-state index is 0.354. The van der Waals surface area contributed by atoms with Crippen LogP contribution in [0, 0.1) is 45.3 Å². The van der Waals surface area contributed by atoms with E-state index in [1.54, 1.807) is 36.4 Å². The quantitative estimate of drug-likeness (QED) is 0.403. The van der Waals surface area contributed by atoms with Gasteiger partial charge in [0.15, 0.2) is 0 Å². The number of methoxy groups -OCH3 is 2. The minimum Gasteiger partial charge on any atom is -0.496 e. The zero-order chi connectivity index (χ0) is 24.2. The van der Waals surface area contributed by atoms with Gasteiger partial charge in [-0.2, -0.15) is 21.0 Å². The van der Waals surface area contributed by atoms with Gasteiger partial charge in [0.1, 0.15) is 11.5 Å². The van der Waals surface area contributed by atoms with Crippen molar-refractivity contribution in [2.45, 2.75) is 0 Å². The number of benzene rings is 4. The van der Waals surface area contributed by atoms with Crippen molar-refractivity contribution in [1.82, 2.24) is 0 Å². The molecule has 34 heavy (non-hydrogen) atoms. The maximum Gasteiger partial charge on any atom is 0.127 e. The van der Waals surface area contributed by atoms with Gasteiger partial charge < -0.3 is 9.47 Å². The van der Waals surface area contributed by atoms with Gasteiger partial charge in [-0.05, 0) is 59.3 Å². The van der Waals surface area contributed by atoms with Gasteiger partial charge in [-0.3, -0.25) is 0 Å². The molecule has 0 aromatic heterocycles. The van der Waals surface area contributed by atoms with Crippen LogP contribution in [0.3, 0.4) is 0 Å². The van der Waals surface area contributed by atoms with E-state index in [1.807, 2.05) is 24.3 Å². The second-order valence-electron chi connectivity index (χ2n) is 7.36. The molecule has 0 saturated carbocycles. The molecule has 0 N–H and O–H groups in total. The predicted octanol–water partition coefficient (Wildman–Crippen LogP) is 5.68. The first-order valence-corrected chi connectivity index (χ1v) is 10.2. The molecular weight excluding hydrogens is 424 g/mol. The van der Waals surface area contributed by atoms with Crippen molar-refractivity contribution >= 4 is 10.8 Å². The molecule has 4 aromatic carbocycles. The fourth-order valence-corrected chi connectivity index (χ4v) is 4.09. The molecule has 0 unspecified atom stereocenters. The van der Waals surface area contributed by atoms with Gasteiger partial charge >= 0.3 is 0 Å². The highest BCUT2D eigenvalue weighted by atomic mass is 16.5. The second-order valence-corrected chi connectivity index (χ2v) is 7.36. The zero-order valence-electron chi connectivity index (χ0n) is 18.4. The average molecular weight is 440 g/mol. The molecule has 0 radical (unpaired) electrons. The van der Waals surface area contributed by atoms with Crippen molar-refractivity contribution in [1.29, 1.82) is 21.0 Å². The highest BCUT2D eigenvalue weighted by Gasteiger charge is 2.20. The third-order valence-corrected chi connectivity index (χ3v) is 5.63. The number of nitrogens with zero attached hydrogens (tertiary/aromatic N) is 4. The van der Waals surface area contributed by atoms with E-state index in [0.717, 1.165) is 10.8 Å². The molecule has 0 spiro atoms. The number of nitriles is 4. The Morgan fingerprint density at radius 2 is 0.853 bits per heavy atom. The largest absolute Gasteiger partial charge is 0.496 e. The molecule has 0 amide bonds. The average Bonchev–Trinajstić information content (AvgIpc) is 2.90. The SMILES string of the molecule is COc1cc2cc(OC)c(-c3c(C#N)cccc3C#N)cc2cc1-c1c(C#N)cccc1C#N. The Labute approximate surface area is 196 Å². The highest BCUT2D eigenvalue weighted by molar-refractivity contribution is 5.98. The maximum atomic E-state index is 9.68. The molecule has 6 heteroatoms. The summed E-state index contributed by atoms with van der Waals surface area (Å²) in [4.78, 5) is 0. The van der Waals surface area contributed by atoms with Crippen LogP contribution in [0.5, 0.6) is 11.5 Å². The standard InChI is InChI=1S/C28H16N4O2/c1-33-25-11-22-12-26(34-2)24(28-19(15-31)7-4-8-20(28)16-32)10-21(22)9-23(25)27-17(13-29)5-3-6-18(27)14-30/h3-12H,1-2H3. The third-order valence-electron chi connectivity index (χ3n) is 5.63. The van der Waals surface area contributed by atoms with E-state index < -0.39 is 0 Å². The highest BCUT2D eigenvalue weighted by Crippen LogP contribution is 2.42. The van der Waals surface area contributed by atoms with Gasteiger partial charge in [0, 0.05) is 22.3 Å².